The van der Waals surface area contributed by atoms with E-state index in [0.29, 0.717) is 19.8 Å². The van der Waals surface area contributed by atoms with Gasteiger partial charge >= 0.3 is 7.12 Å². The van der Waals surface area contributed by atoms with Crippen LogP contribution in [0.1, 0.15) is 96.3 Å². The van der Waals surface area contributed by atoms with Crippen LogP contribution in [-0.2, 0) is 38.6 Å². The number of carbonyl (C=O) groups excluding carboxylic acids is 1. The van der Waals surface area contributed by atoms with Crippen LogP contribution in [0.15, 0.2) is 17.1 Å². The van der Waals surface area contributed by atoms with Crippen LogP contribution in [0.4, 0.5) is 0 Å². The van der Waals surface area contributed by atoms with Gasteiger partial charge in [-0.1, -0.05) is 38.3 Å². The zero-order valence-electron chi connectivity index (χ0n) is 21.2. The minimum Gasteiger partial charge on any atom is -0.399 e. The van der Waals surface area contributed by atoms with Gasteiger partial charge in [-0.3, -0.25) is 14.7 Å². The summed E-state index contributed by atoms with van der Waals surface area (Å²) < 4.78 is 18.5. The van der Waals surface area contributed by atoms with Crippen LogP contribution in [0, 0.1) is 37.7 Å². The second kappa shape index (κ2) is 9.79. The monoisotopic (exact) mass is 492 g/mol. The number of aliphatic imine (C=N–C) groups is 1. The number of ether oxygens (including phenoxy) is 1. The number of hydrogen-bond donors (Lipinski definition) is 0. The first kappa shape index (κ1) is 26.6. The van der Waals surface area contributed by atoms with E-state index in [2.05, 4.69) is 46.8 Å². The molecular formula is C26H37ArBN2O4. The van der Waals surface area contributed by atoms with Gasteiger partial charge in [-0.2, -0.15) is 0 Å². The van der Waals surface area contributed by atoms with Gasteiger partial charge in [0.25, 0.3) is 5.91 Å². The van der Waals surface area contributed by atoms with E-state index >= 15 is 0 Å². The number of nitrogens with zero attached hydrogens (tertiary/aromatic N) is 2. The maximum absolute atomic E-state index is 13.6. The zero-order valence-corrected chi connectivity index (χ0v) is 21.9. The summed E-state index contributed by atoms with van der Waals surface area (Å²) in [5.74, 6) is 1.18. The number of amidine groups is 1. The van der Waals surface area contributed by atoms with Gasteiger partial charge in [0.15, 0.2) is 0 Å². The third-order valence-corrected chi connectivity index (χ3v) is 8.38. The normalized spacial score (nSPS) is 24.0. The fourth-order valence-corrected chi connectivity index (χ4v) is 5.57. The summed E-state index contributed by atoms with van der Waals surface area (Å²) in [4.78, 5) is 20.6. The van der Waals surface area contributed by atoms with Crippen molar-refractivity contribution in [2.24, 2.45) is 4.99 Å². The first-order valence-corrected chi connectivity index (χ1v) is 12.6. The number of fused-ring (bicyclic) bond motifs is 1. The number of hydrogen-bond acceptors (Lipinski definition) is 5. The molecule has 2 fully saturated rings. The molecule has 4 aliphatic rings. The molecule has 1 amide bonds. The van der Waals surface area contributed by atoms with Gasteiger partial charge in [-0.05, 0) is 69.1 Å². The van der Waals surface area contributed by atoms with Crippen LogP contribution in [0.25, 0.3) is 0 Å². The molecule has 5 rings (SSSR count). The van der Waals surface area contributed by atoms with Crippen molar-refractivity contribution >= 4 is 24.3 Å². The first-order valence-electron chi connectivity index (χ1n) is 12.6. The standard InChI is InChI=1S/C26H37BN2O4.Ar/c1-6-7-10-22-28-26(13-8-9-14-26)23(30)29(22)15-18-11-12-21(20-17-31-16-19(18)20)27-32-24(2,3)25(4,5)33-27;/h11-12H,6-10,13-17H2,1-5H3;. The van der Waals surface area contributed by atoms with Crippen molar-refractivity contribution in [3.05, 3.63) is 28.8 Å². The summed E-state index contributed by atoms with van der Waals surface area (Å²) in [6, 6.07) is 4.25. The Bertz CT molecular complexity index is 971. The SMILES string of the molecule is CCCCC1=NC2(CCCC2)C(=O)N1Cc1ccc(B2OC(C)(C)C(C)(C)O2)c2c1COC2.[Ar]. The predicted molar refractivity (Wildman–Crippen MR) is 129 cm³/mol. The predicted octanol–water partition coefficient (Wildman–Crippen LogP) is 4.26. The summed E-state index contributed by atoms with van der Waals surface area (Å²) >= 11 is 0. The summed E-state index contributed by atoms with van der Waals surface area (Å²) in [6.45, 7) is 12.2. The molecular weight excluding hydrogens is 455 g/mol. The second-order valence-corrected chi connectivity index (χ2v) is 11.1. The fourth-order valence-electron chi connectivity index (χ4n) is 5.57. The van der Waals surface area contributed by atoms with Crippen LogP contribution < -0.4 is 5.46 Å². The Morgan fingerprint density at radius 3 is 2.32 bits per heavy atom. The number of benzene rings is 1. The average Bonchev–Trinajstić information content (AvgIpc) is 3.51. The number of rotatable bonds is 6. The molecule has 1 saturated heterocycles. The van der Waals surface area contributed by atoms with Gasteiger partial charge in [0.05, 0.1) is 31.0 Å². The quantitative estimate of drug-likeness (QED) is 0.557. The average molecular weight is 492 g/mol. The maximum atomic E-state index is 13.6. The number of amides is 1. The van der Waals surface area contributed by atoms with Crippen molar-refractivity contribution in [1.29, 1.82) is 0 Å². The second-order valence-electron chi connectivity index (χ2n) is 11.1. The third-order valence-electron chi connectivity index (χ3n) is 8.38. The van der Waals surface area contributed by atoms with E-state index < -0.39 is 12.7 Å². The molecule has 0 radical (unpaired) electrons. The van der Waals surface area contributed by atoms with Crippen LogP contribution in [-0.4, -0.2) is 40.5 Å². The third kappa shape index (κ3) is 4.43. The Hall–Kier alpha value is -0.435. The van der Waals surface area contributed by atoms with Crippen LogP contribution in [0.2, 0.25) is 0 Å². The van der Waals surface area contributed by atoms with Crippen LogP contribution >= 0.6 is 0 Å². The molecule has 1 aromatic carbocycles. The maximum Gasteiger partial charge on any atom is 0.495 e. The Balaban J connectivity index is 0.00000274. The Morgan fingerprint density at radius 1 is 1.03 bits per heavy atom. The molecule has 1 spiro atoms. The summed E-state index contributed by atoms with van der Waals surface area (Å²) in [5, 5.41) is 0. The summed E-state index contributed by atoms with van der Waals surface area (Å²) in [7, 11) is -0.406. The van der Waals surface area contributed by atoms with Crippen LogP contribution in [0.5, 0.6) is 0 Å². The van der Waals surface area contributed by atoms with Crippen molar-refractivity contribution in [3.63, 3.8) is 0 Å². The van der Waals surface area contributed by atoms with E-state index in [9.17, 15) is 4.79 Å². The van der Waals surface area contributed by atoms with E-state index in [1.54, 1.807) is 0 Å². The molecule has 0 atom stereocenters. The molecule has 0 bridgehead atoms. The molecule has 6 nitrogen and oxygen atoms in total. The summed E-state index contributed by atoms with van der Waals surface area (Å²) in [6.07, 6.45) is 6.99. The molecule has 3 aliphatic heterocycles. The fraction of sp³-hybridized carbons (Fsp3) is 0.692. The van der Waals surface area contributed by atoms with Crippen molar-refractivity contribution in [2.45, 2.75) is 116 Å². The molecule has 0 aromatic heterocycles. The molecule has 1 aliphatic carbocycles. The van der Waals surface area contributed by atoms with Crippen molar-refractivity contribution in [3.8, 4) is 0 Å². The van der Waals surface area contributed by atoms with Crippen molar-refractivity contribution in [1.82, 2.24) is 4.90 Å². The van der Waals surface area contributed by atoms with E-state index in [1.165, 1.54) is 5.56 Å². The molecule has 8 heteroatoms. The largest absolute Gasteiger partial charge is 0.495 e. The van der Waals surface area contributed by atoms with Crippen LogP contribution in [0.3, 0.4) is 0 Å². The minimum absolute atomic E-state index is 0. The van der Waals surface area contributed by atoms with Gasteiger partial charge in [0, 0.05) is 44.2 Å². The zero-order chi connectivity index (χ0) is 23.4. The minimum atomic E-state index is -0.495. The molecule has 0 N–H and O–H groups in total. The topological polar surface area (TPSA) is 60.4 Å². The number of unbranched alkanes of at least 4 members (excludes halogenated alkanes) is 1. The van der Waals surface area contributed by atoms with Gasteiger partial charge < -0.3 is 14.0 Å². The first-order chi connectivity index (χ1) is 15.7. The van der Waals surface area contributed by atoms with Crippen molar-refractivity contribution < 1.29 is 56.6 Å². The van der Waals surface area contributed by atoms with E-state index in [0.717, 1.165) is 67.4 Å². The Kier molecular flexibility index (Phi) is 7.67. The van der Waals surface area contributed by atoms with E-state index in [4.69, 9.17) is 19.0 Å². The molecule has 1 saturated carbocycles. The van der Waals surface area contributed by atoms with Gasteiger partial charge in [-0.15, -0.1) is 0 Å². The Labute approximate surface area is 234 Å². The Morgan fingerprint density at radius 2 is 1.68 bits per heavy atom. The molecule has 186 valence electrons. The smallest absolute Gasteiger partial charge is 0.399 e. The molecule has 1 aromatic rings. The van der Waals surface area contributed by atoms with Gasteiger partial charge in [-0.25, -0.2) is 0 Å². The number of carbonyl (C=O) groups is 1. The summed E-state index contributed by atoms with van der Waals surface area (Å²) in [5.41, 5.74) is 3.26. The molecule has 0 unspecified atom stereocenters. The van der Waals surface area contributed by atoms with E-state index in [1.807, 2.05) is 4.90 Å². The van der Waals surface area contributed by atoms with Gasteiger partial charge in [0.2, 0.25) is 0 Å². The van der Waals surface area contributed by atoms with E-state index in [-0.39, 0.29) is 54.8 Å². The van der Waals surface area contributed by atoms with Gasteiger partial charge in [0.1, 0.15) is 11.4 Å². The molecule has 3 heterocycles. The molecule has 34 heavy (non-hydrogen) atoms. The van der Waals surface area contributed by atoms with Crippen molar-refractivity contribution in [2.75, 3.05) is 0 Å².